The maximum absolute atomic E-state index is 5.90. The molecule has 1 saturated heterocycles. The van der Waals surface area contributed by atoms with E-state index in [-0.39, 0.29) is 0 Å². The van der Waals surface area contributed by atoms with Crippen LogP contribution in [-0.4, -0.2) is 29.2 Å². The smallest absolute Gasteiger partial charge is 0.0367 e. The molecule has 11 heavy (non-hydrogen) atoms. The highest BCUT2D eigenvalue weighted by Crippen LogP contribution is 2.13. The molecule has 1 rings (SSSR count). The molecular formula is C8H19N3. The second kappa shape index (κ2) is 3.09. The summed E-state index contributed by atoms with van der Waals surface area (Å²) in [7, 11) is 0. The molecule has 0 radical (unpaired) electrons. The number of nitrogens with zero attached hydrogens (tertiary/aromatic N) is 1. The molecule has 0 bridgehead atoms. The van der Waals surface area contributed by atoms with E-state index in [0.717, 1.165) is 0 Å². The van der Waals surface area contributed by atoms with Gasteiger partial charge in [-0.3, -0.25) is 5.84 Å². The molecule has 0 aromatic rings. The van der Waals surface area contributed by atoms with Crippen LogP contribution in [0.2, 0.25) is 0 Å². The third-order valence-electron chi connectivity index (χ3n) is 2.91. The zero-order chi connectivity index (χ0) is 8.59. The molecule has 66 valence electrons. The van der Waals surface area contributed by atoms with Crippen LogP contribution in [0.25, 0.3) is 0 Å². The first-order chi connectivity index (χ1) is 5.04. The van der Waals surface area contributed by atoms with Gasteiger partial charge in [-0.25, -0.2) is 5.01 Å². The summed E-state index contributed by atoms with van der Waals surface area (Å²) in [5, 5.41) is 5.44. The fraction of sp³-hybridized carbons (Fsp3) is 1.00. The van der Waals surface area contributed by atoms with Gasteiger partial charge in [0, 0.05) is 24.2 Å². The molecule has 0 aliphatic carbocycles. The summed E-state index contributed by atoms with van der Waals surface area (Å²) in [6, 6.07) is 1.85. The molecule has 3 heteroatoms. The maximum Gasteiger partial charge on any atom is 0.0367 e. The van der Waals surface area contributed by atoms with Crippen molar-refractivity contribution in [1.29, 1.82) is 0 Å². The van der Waals surface area contributed by atoms with E-state index in [1.54, 1.807) is 0 Å². The lowest BCUT2D eigenvalue weighted by Crippen LogP contribution is -2.66. The fourth-order valence-electron chi connectivity index (χ4n) is 1.58. The van der Waals surface area contributed by atoms with E-state index in [0.29, 0.717) is 24.2 Å². The number of hydrogen-bond acceptors (Lipinski definition) is 3. The van der Waals surface area contributed by atoms with E-state index in [2.05, 4.69) is 33.0 Å². The number of hydrazine groups is 1. The topological polar surface area (TPSA) is 41.3 Å². The zero-order valence-electron chi connectivity index (χ0n) is 7.83. The first kappa shape index (κ1) is 8.97. The molecule has 0 aromatic carbocycles. The Labute approximate surface area is 68.9 Å². The SMILES string of the molecule is CC1NC(C)C(C)N(N)C1C. The lowest BCUT2D eigenvalue weighted by molar-refractivity contribution is 0.0589. The molecule has 0 spiro atoms. The molecule has 0 amide bonds. The van der Waals surface area contributed by atoms with Crippen LogP contribution in [0.15, 0.2) is 0 Å². The molecule has 4 atom stereocenters. The van der Waals surface area contributed by atoms with Gasteiger partial charge in [-0.1, -0.05) is 0 Å². The number of nitrogens with one attached hydrogen (secondary N) is 1. The van der Waals surface area contributed by atoms with Crippen LogP contribution >= 0.6 is 0 Å². The molecule has 3 N–H and O–H groups in total. The largest absolute Gasteiger partial charge is 0.309 e. The number of piperazine rings is 1. The monoisotopic (exact) mass is 157 g/mol. The second-order valence-corrected chi connectivity index (χ2v) is 3.67. The Morgan fingerprint density at radius 2 is 1.36 bits per heavy atom. The molecule has 3 nitrogen and oxygen atoms in total. The summed E-state index contributed by atoms with van der Waals surface area (Å²) >= 11 is 0. The van der Waals surface area contributed by atoms with Crippen molar-refractivity contribution in [3.63, 3.8) is 0 Å². The van der Waals surface area contributed by atoms with Gasteiger partial charge in [-0.2, -0.15) is 0 Å². The summed E-state index contributed by atoms with van der Waals surface area (Å²) in [6.07, 6.45) is 0. The van der Waals surface area contributed by atoms with Crippen LogP contribution in [0, 0.1) is 0 Å². The fourth-order valence-corrected chi connectivity index (χ4v) is 1.58. The highest BCUT2D eigenvalue weighted by atomic mass is 15.5. The molecule has 1 heterocycles. The molecular weight excluding hydrogens is 138 g/mol. The average molecular weight is 157 g/mol. The van der Waals surface area contributed by atoms with Crippen molar-refractivity contribution in [1.82, 2.24) is 10.3 Å². The maximum atomic E-state index is 5.90. The van der Waals surface area contributed by atoms with Gasteiger partial charge in [0.1, 0.15) is 0 Å². The van der Waals surface area contributed by atoms with Crippen molar-refractivity contribution >= 4 is 0 Å². The minimum absolute atomic E-state index is 0.432. The lowest BCUT2D eigenvalue weighted by atomic mass is 10.00. The summed E-state index contributed by atoms with van der Waals surface area (Å²) in [5.41, 5.74) is 0. The Balaban J connectivity index is 2.63. The Morgan fingerprint density at radius 3 is 1.73 bits per heavy atom. The normalized spacial score (nSPS) is 47.7. The van der Waals surface area contributed by atoms with Crippen molar-refractivity contribution < 1.29 is 0 Å². The van der Waals surface area contributed by atoms with Crippen LogP contribution < -0.4 is 11.2 Å². The predicted octanol–water partition coefficient (Wildman–Crippen LogP) is 0.319. The molecule has 1 aliphatic heterocycles. The zero-order valence-corrected chi connectivity index (χ0v) is 7.83. The highest BCUT2D eigenvalue weighted by molar-refractivity contribution is 4.90. The summed E-state index contributed by atoms with van der Waals surface area (Å²) in [6.45, 7) is 8.65. The Hall–Kier alpha value is -0.120. The van der Waals surface area contributed by atoms with Crippen molar-refractivity contribution in [3.05, 3.63) is 0 Å². The molecule has 0 saturated carbocycles. The predicted molar refractivity (Wildman–Crippen MR) is 47.0 cm³/mol. The van der Waals surface area contributed by atoms with Gasteiger partial charge in [-0.05, 0) is 27.7 Å². The van der Waals surface area contributed by atoms with Gasteiger partial charge in [0.15, 0.2) is 0 Å². The van der Waals surface area contributed by atoms with Gasteiger partial charge < -0.3 is 5.32 Å². The highest BCUT2D eigenvalue weighted by Gasteiger charge is 2.31. The van der Waals surface area contributed by atoms with Gasteiger partial charge in [0.2, 0.25) is 0 Å². The summed E-state index contributed by atoms with van der Waals surface area (Å²) in [5.74, 6) is 5.90. The number of nitrogens with two attached hydrogens (primary N) is 1. The van der Waals surface area contributed by atoms with Crippen molar-refractivity contribution in [3.8, 4) is 0 Å². The van der Waals surface area contributed by atoms with E-state index in [1.165, 1.54) is 0 Å². The molecule has 1 fully saturated rings. The van der Waals surface area contributed by atoms with Crippen LogP contribution in [0.5, 0.6) is 0 Å². The van der Waals surface area contributed by atoms with Crippen molar-refractivity contribution in [2.24, 2.45) is 5.84 Å². The van der Waals surface area contributed by atoms with Crippen LogP contribution in [-0.2, 0) is 0 Å². The number of hydrogen-bond donors (Lipinski definition) is 2. The second-order valence-electron chi connectivity index (χ2n) is 3.67. The Morgan fingerprint density at radius 1 is 1.00 bits per heavy atom. The first-order valence-electron chi connectivity index (χ1n) is 4.33. The standard InChI is InChI=1S/C8H19N3/c1-5-7(3)11(9)8(4)6(2)10-5/h5-8,10H,9H2,1-4H3. The van der Waals surface area contributed by atoms with Gasteiger partial charge in [-0.15, -0.1) is 0 Å². The summed E-state index contributed by atoms with van der Waals surface area (Å²) in [4.78, 5) is 0. The Kier molecular flexibility index (Phi) is 2.52. The van der Waals surface area contributed by atoms with Gasteiger partial charge in [0.25, 0.3) is 0 Å². The van der Waals surface area contributed by atoms with Crippen molar-refractivity contribution in [2.45, 2.75) is 51.9 Å². The lowest BCUT2D eigenvalue weighted by Gasteiger charge is -2.44. The van der Waals surface area contributed by atoms with E-state index in [9.17, 15) is 0 Å². The van der Waals surface area contributed by atoms with Gasteiger partial charge in [0.05, 0.1) is 0 Å². The molecule has 4 unspecified atom stereocenters. The van der Waals surface area contributed by atoms with Crippen LogP contribution in [0.4, 0.5) is 0 Å². The van der Waals surface area contributed by atoms with Crippen LogP contribution in [0.1, 0.15) is 27.7 Å². The quantitative estimate of drug-likeness (QED) is 0.498. The van der Waals surface area contributed by atoms with E-state index >= 15 is 0 Å². The van der Waals surface area contributed by atoms with Crippen LogP contribution in [0.3, 0.4) is 0 Å². The number of rotatable bonds is 0. The Bertz CT molecular complexity index is 123. The minimum Gasteiger partial charge on any atom is -0.309 e. The summed E-state index contributed by atoms with van der Waals surface area (Å²) < 4.78 is 0. The first-order valence-corrected chi connectivity index (χ1v) is 4.33. The minimum atomic E-state index is 0.432. The van der Waals surface area contributed by atoms with E-state index in [1.807, 2.05) is 5.01 Å². The van der Waals surface area contributed by atoms with Crippen molar-refractivity contribution in [2.75, 3.05) is 0 Å². The van der Waals surface area contributed by atoms with E-state index in [4.69, 9.17) is 5.84 Å². The van der Waals surface area contributed by atoms with E-state index < -0.39 is 0 Å². The average Bonchev–Trinajstić information content (AvgIpc) is 1.97. The third-order valence-corrected chi connectivity index (χ3v) is 2.91. The molecule has 1 aliphatic rings. The van der Waals surface area contributed by atoms with Gasteiger partial charge >= 0.3 is 0 Å². The molecule has 0 aromatic heterocycles. The third kappa shape index (κ3) is 1.55.